The maximum Gasteiger partial charge on any atom is 0.223 e. The zero-order valence-electron chi connectivity index (χ0n) is 14.5. The van der Waals surface area contributed by atoms with Crippen LogP contribution >= 0.6 is 11.3 Å². The van der Waals surface area contributed by atoms with Crippen LogP contribution in [0.25, 0.3) is 16.3 Å². The smallest absolute Gasteiger partial charge is 0.223 e. The van der Waals surface area contributed by atoms with Crippen molar-refractivity contribution in [2.24, 2.45) is 5.92 Å². The van der Waals surface area contributed by atoms with Gasteiger partial charge in [-0.2, -0.15) is 5.10 Å². The summed E-state index contributed by atoms with van der Waals surface area (Å²) in [6, 6.07) is 14.3. The standard InChI is InChI=1S/C20H22N4OS/c25-20(15-8-9-15)22-11-10-21-13-16-14-24(17-5-2-1-3-6-17)23-19(16)18-7-4-12-26-18/h1-7,12,14-15,21H,8-11,13H2,(H,22,25). The summed E-state index contributed by atoms with van der Waals surface area (Å²) in [5, 5.41) is 13.3. The van der Waals surface area contributed by atoms with Crippen LogP contribution in [0.3, 0.4) is 0 Å². The average molecular weight is 366 g/mol. The molecule has 6 heteroatoms. The van der Waals surface area contributed by atoms with Gasteiger partial charge in [0.05, 0.1) is 10.6 Å². The molecule has 1 amide bonds. The number of nitrogens with zero attached hydrogens (tertiary/aromatic N) is 2. The molecule has 1 saturated carbocycles. The molecule has 0 atom stereocenters. The summed E-state index contributed by atoms with van der Waals surface area (Å²) in [7, 11) is 0. The van der Waals surface area contributed by atoms with Gasteiger partial charge in [0.25, 0.3) is 0 Å². The highest BCUT2D eigenvalue weighted by Crippen LogP contribution is 2.29. The number of para-hydroxylation sites is 1. The van der Waals surface area contributed by atoms with Crippen molar-refractivity contribution in [3.05, 3.63) is 59.6 Å². The largest absolute Gasteiger partial charge is 0.355 e. The van der Waals surface area contributed by atoms with Crippen LogP contribution in [0.1, 0.15) is 18.4 Å². The van der Waals surface area contributed by atoms with Crippen LogP contribution in [0.15, 0.2) is 54.0 Å². The Hall–Kier alpha value is -2.44. The monoisotopic (exact) mass is 366 g/mol. The second-order valence-corrected chi connectivity index (χ2v) is 7.45. The highest BCUT2D eigenvalue weighted by molar-refractivity contribution is 7.13. The van der Waals surface area contributed by atoms with Gasteiger partial charge in [0.15, 0.2) is 0 Å². The molecule has 0 aliphatic heterocycles. The van der Waals surface area contributed by atoms with E-state index >= 15 is 0 Å². The number of thiophene rings is 1. The third-order valence-electron chi connectivity index (χ3n) is 4.43. The van der Waals surface area contributed by atoms with Gasteiger partial charge in [-0.3, -0.25) is 4.79 Å². The van der Waals surface area contributed by atoms with Crippen LogP contribution in [0.5, 0.6) is 0 Å². The zero-order chi connectivity index (χ0) is 17.8. The maximum atomic E-state index is 11.7. The number of carbonyl (C=O) groups excluding carboxylic acids is 1. The molecular formula is C20H22N4OS. The molecule has 2 N–H and O–H groups in total. The van der Waals surface area contributed by atoms with Crippen LogP contribution in [0, 0.1) is 5.92 Å². The number of aromatic nitrogens is 2. The molecule has 26 heavy (non-hydrogen) atoms. The Morgan fingerprint density at radius 3 is 2.73 bits per heavy atom. The van der Waals surface area contributed by atoms with Gasteiger partial charge in [-0.15, -0.1) is 11.3 Å². The fourth-order valence-electron chi connectivity index (χ4n) is 2.86. The summed E-state index contributed by atoms with van der Waals surface area (Å²) in [5.41, 5.74) is 3.22. The average Bonchev–Trinajstić information content (AvgIpc) is 3.22. The number of benzene rings is 1. The molecule has 134 valence electrons. The summed E-state index contributed by atoms with van der Waals surface area (Å²) in [4.78, 5) is 12.8. The fourth-order valence-corrected chi connectivity index (χ4v) is 3.60. The van der Waals surface area contributed by atoms with E-state index in [9.17, 15) is 4.79 Å². The van der Waals surface area contributed by atoms with Crippen molar-refractivity contribution in [1.29, 1.82) is 0 Å². The summed E-state index contributed by atoms with van der Waals surface area (Å²) >= 11 is 1.70. The van der Waals surface area contributed by atoms with Crippen molar-refractivity contribution in [2.75, 3.05) is 13.1 Å². The molecule has 4 rings (SSSR count). The molecule has 0 radical (unpaired) electrons. The molecule has 1 aliphatic rings. The minimum Gasteiger partial charge on any atom is -0.355 e. The third-order valence-corrected chi connectivity index (χ3v) is 5.31. The number of amides is 1. The predicted molar refractivity (Wildman–Crippen MR) is 104 cm³/mol. The van der Waals surface area contributed by atoms with Crippen molar-refractivity contribution in [3.8, 4) is 16.3 Å². The van der Waals surface area contributed by atoms with Gasteiger partial charge in [-0.05, 0) is 36.4 Å². The van der Waals surface area contributed by atoms with Crippen molar-refractivity contribution in [1.82, 2.24) is 20.4 Å². The summed E-state index contributed by atoms with van der Waals surface area (Å²) in [6.45, 7) is 2.13. The van der Waals surface area contributed by atoms with E-state index in [0.29, 0.717) is 6.54 Å². The van der Waals surface area contributed by atoms with Gasteiger partial charge in [0, 0.05) is 37.3 Å². The van der Waals surface area contributed by atoms with Gasteiger partial charge < -0.3 is 10.6 Å². The Kier molecular flexibility index (Phi) is 5.13. The molecule has 1 fully saturated rings. The van der Waals surface area contributed by atoms with Crippen LogP contribution in [-0.4, -0.2) is 28.8 Å². The van der Waals surface area contributed by atoms with Crippen LogP contribution in [-0.2, 0) is 11.3 Å². The summed E-state index contributed by atoms with van der Waals surface area (Å²) in [5.74, 6) is 0.465. The number of hydrogen-bond acceptors (Lipinski definition) is 4. The zero-order valence-corrected chi connectivity index (χ0v) is 15.3. The van der Waals surface area contributed by atoms with E-state index in [2.05, 4.69) is 40.4 Å². The van der Waals surface area contributed by atoms with Gasteiger partial charge in [-0.1, -0.05) is 24.3 Å². The number of rotatable bonds is 8. The van der Waals surface area contributed by atoms with Crippen LogP contribution < -0.4 is 10.6 Å². The first-order valence-electron chi connectivity index (χ1n) is 8.97. The van der Waals surface area contributed by atoms with Gasteiger partial charge in [0.1, 0.15) is 5.69 Å². The number of hydrogen-bond donors (Lipinski definition) is 2. The minimum absolute atomic E-state index is 0.197. The molecule has 0 spiro atoms. The molecule has 0 unspecified atom stereocenters. The van der Waals surface area contributed by atoms with Crippen molar-refractivity contribution >= 4 is 17.2 Å². The molecule has 1 aliphatic carbocycles. The highest BCUT2D eigenvalue weighted by Gasteiger charge is 2.28. The molecule has 2 heterocycles. The Morgan fingerprint density at radius 2 is 2.00 bits per heavy atom. The minimum atomic E-state index is 0.197. The molecule has 2 aromatic heterocycles. The maximum absolute atomic E-state index is 11.7. The second-order valence-electron chi connectivity index (χ2n) is 6.50. The van der Waals surface area contributed by atoms with Crippen LogP contribution in [0.4, 0.5) is 0 Å². The lowest BCUT2D eigenvalue weighted by atomic mass is 10.2. The lowest BCUT2D eigenvalue weighted by Crippen LogP contribution is -2.32. The Balaban J connectivity index is 1.42. The summed E-state index contributed by atoms with van der Waals surface area (Å²) < 4.78 is 1.93. The predicted octanol–water partition coefficient (Wildman–Crippen LogP) is 3.22. The van der Waals surface area contributed by atoms with Gasteiger partial charge in [-0.25, -0.2) is 4.68 Å². The Morgan fingerprint density at radius 1 is 1.15 bits per heavy atom. The topological polar surface area (TPSA) is 59.0 Å². The molecule has 3 aromatic rings. The van der Waals surface area contributed by atoms with E-state index in [-0.39, 0.29) is 11.8 Å². The molecule has 1 aromatic carbocycles. The highest BCUT2D eigenvalue weighted by atomic mass is 32.1. The van der Waals surface area contributed by atoms with E-state index in [0.717, 1.165) is 42.9 Å². The van der Waals surface area contributed by atoms with E-state index < -0.39 is 0 Å². The van der Waals surface area contributed by atoms with E-state index in [1.165, 1.54) is 4.88 Å². The quantitative estimate of drug-likeness (QED) is 0.602. The Bertz CT molecular complexity index is 853. The third kappa shape index (κ3) is 4.03. The molecular weight excluding hydrogens is 344 g/mol. The van der Waals surface area contributed by atoms with E-state index in [1.54, 1.807) is 11.3 Å². The second kappa shape index (κ2) is 7.85. The molecule has 0 saturated heterocycles. The first-order valence-corrected chi connectivity index (χ1v) is 9.85. The number of carbonyl (C=O) groups is 1. The van der Waals surface area contributed by atoms with Crippen LogP contribution in [0.2, 0.25) is 0 Å². The SMILES string of the molecule is O=C(NCCNCc1cn(-c2ccccc2)nc1-c1cccs1)C1CC1. The molecule has 0 bridgehead atoms. The fraction of sp³-hybridized carbons (Fsp3) is 0.300. The van der Waals surface area contributed by atoms with Gasteiger partial charge >= 0.3 is 0 Å². The van der Waals surface area contributed by atoms with Crippen molar-refractivity contribution in [3.63, 3.8) is 0 Å². The first kappa shape index (κ1) is 17.0. The first-order chi connectivity index (χ1) is 12.8. The Labute approximate surface area is 157 Å². The lowest BCUT2D eigenvalue weighted by molar-refractivity contribution is -0.122. The number of nitrogens with one attached hydrogen (secondary N) is 2. The lowest BCUT2D eigenvalue weighted by Gasteiger charge is -2.06. The van der Waals surface area contributed by atoms with E-state index in [1.807, 2.05) is 28.9 Å². The van der Waals surface area contributed by atoms with Gasteiger partial charge in [0.2, 0.25) is 5.91 Å². The summed E-state index contributed by atoms with van der Waals surface area (Å²) in [6.07, 6.45) is 4.17. The van der Waals surface area contributed by atoms with E-state index in [4.69, 9.17) is 5.10 Å². The molecule has 5 nitrogen and oxygen atoms in total. The van der Waals surface area contributed by atoms with Crippen molar-refractivity contribution in [2.45, 2.75) is 19.4 Å². The van der Waals surface area contributed by atoms with Crippen molar-refractivity contribution < 1.29 is 4.79 Å². The normalized spacial score (nSPS) is 13.7.